The van der Waals surface area contributed by atoms with Gasteiger partial charge in [-0.1, -0.05) is 66.7 Å². The maximum Gasteiger partial charge on any atom is 0.411 e. The molecule has 2 N–H and O–H groups in total. The molecule has 1 saturated heterocycles. The Hall–Kier alpha value is -4.45. The molecule has 11 heteroatoms. The van der Waals surface area contributed by atoms with Crippen molar-refractivity contribution in [3.05, 3.63) is 102 Å². The van der Waals surface area contributed by atoms with Gasteiger partial charge in [0, 0.05) is 18.8 Å². The number of hydrogen-bond donors (Lipinski definition) is 2. The van der Waals surface area contributed by atoms with Crippen molar-refractivity contribution in [3.8, 4) is 0 Å². The maximum atomic E-state index is 13.1. The number of esters is 1. The predicted molar refractivity (Wildman–Crippen MR) is 156 cm³/mol. The van der Waals surface area contributed by atoms with E-state index in [1.165, 1.54) is 7.11 Å². The lowest BCUT2D eigenvalue weighted by Gasteiger charge is -2.44. The molecule has 11 nitrogen and oxygen atoms in total. The zero-order valence-corrected chi connectivity index (χ0v) is 24.2. The molecule has 0 bridgehead atoms. The van der Waals surface area contributed by atoms with Gasteiger partial charge in [-0.25, -0.2) is 14.4 Å². The van der Waals surface area contributed by atoms with Crippen LogP contribution in [-0.2, 0) is 35.0 Å². The second kappa shape index (κ2) is 15.7. The Morgan fingerprint density at radius 3 is 2.05 bits per heavy atom. The quantitative estimate of drug-likeness (QED) is 0.235. The Morgan fingerprint density at radius 2 is 1.42 bits per heavy atom. The first-order valence-corrected chi connectivity index (χ1v) is 13.9. The maximum absolute atomic E-state index is 13.1. The molecule has 0 saturated carbocycles. The summed E-state index contributed by atoms with van der Waals surface area (Å²) >= 11 is 0. The van der Waals surface area contributed by atoms with E-state index in [4.69, 9.17) is 28.4 Å². The SMILES string of the molecule is CO[C@@H]1O[C@H](COC(=O)Nc2ccccc2)[C@@H](OCc2ccccc2)[C@H](OC(=O)NC(C)C)[C@H]1OC(=O)c1ccccc1. The molecule has 1 fully saturated rings. The van der Waals surface area contributed by atoms with Crippen LogP contribution < -0.4 is 10.6 Å². The Balaban J connectivity index is 1.61. The lowest BCUT2D eigenvalue weighted by Crippen LogP contribution is -2.63. The van der Waals surface area contributed by atoms with Crippen molar-refractivity contribution in [2.24, 2.45) is 0 Å². The van der Waals surface area contributed by atoms with Crippen LogP contribution in [0.3, 0.4) is 0 Å². The van der Waals surface area contributed by atoms with Crippen LogP contribution >= 0.6 is 0 Å². The summed E-state index contributed by atoms with van der Waals surface area (Å²) in [5, 5.41) is 5.32. The number of benzene rings is 3. The lowest BCUT2D eigenvalue weighted by molar-refractivity contribution is -0.300. The van der Waals surface area contributed by atoms with E-state index in [2.05, 4.69) is 10.6 Å². The predicted octanol–water partition coefficient (Wildman–Crippen LogP) is 4.92. The normalized spacial score (nSPS) is 21.4. The summed E-state index contributed by atoms with van der Waals surface area (Å²) in [4.78, 5) is 38.7. The minimum absolute atomic E-state index is 0.101. The van der Waals surface area contributed by atoms with Crippen LogP contribution in [0.15, 0.2) is 91.0 Å². The van der Waals surface area contributed by atoms with Gasteiger partial charge in [0.1, 0.15) is 18.8 Å². The van der Waals surface area contributed by atoms with E-state index in [1.54, 1.807) is 68.4 Å². The fraction of sp³-hybridized carbons (Fsp3) is 0.344. The number of anilines is 1. The van der Waals surface area contributed by atoms with Crippen molar-refractivity contribution in [1.82, 2.24) is 5.32 Å². The van der Waals surface area contributed by atoms with Crippen molar-refractivity contribution in [1.29, 1.82) is 0 Å². The van der Waals surface area contributed by atoms with Gasteiger partial charge in [-0.15, -0.1) is 0 Å². The molecule has 4 rings (SSSR count). The number of methoxy groups -OCH3 is 1. The van der Waals surface area contributed by atoms with E-state index in [9.17, 15) is 14.4 Å². The number of rotatable bonds is 11. The number of alkyl carbamates (subject to hydrolysis) is 1. The Kier molecular flexibility index (Phi) is 11.5. The molecule has 3 aromatic carbocycles. The number of carbonyl (C=O) groups excluding carboxylic acids is 3. The van der Waals surface area contributed by atoms with Crippen LogP contribution in [0.2, 0.25) is 0 Å². The number of ether oxygens (including phenoxy) is 6. The molecule has 5 atom stereocenters. The van der Waals surface area contributed by atoms with Gasteiger partial charge >= 0.3 is 18.2 Å². The van der Waals surface area contributed by atoms with Crippen LogP contribution in [0.5, 0.6) is 0 Å². The second-order valence-electron chi connectivity index (χ2n) is 10.0. The van der Waals surface area contributed by atoms with Crippen LogP contribution in [0.4, 0.5) is 15.3 Å². The third-order valence-corrected chi connectivity index (χ3v) is 6.41. The third-order valence-electron chi connectivity index (χ3n) is 6.41. The fourth-order valence-corrected chi connectivity index (χ4v) is 4.42. The van der Waals surface area contributed by atoms with Crippen molar-refractivity contribution >= 4 is 23.8 Å². The summed E-state index contributed by atoms with van der Waals surface area (Å²) in [5.74, 6) is -0.673. The van der Waals surface area contributed by atoms with Gasteiger partial charge in [-0.3, -0.25) is 5.32 Å². The number of carbonyl (C=O) groups is 3. The zero-order chi connectivity index (χ0) is 30.6. The standard InChI is InChI=1S/C32H36N2O9/c1-21(2)33-32(37)43-27-26(39-19-22-13-7-4-8-14-22)25(20-40-31(36)34-24-17-11-6-12-18-24)41-30(38-3)28(27)42-29(35)23-15-9-5-10-16-23/h4-18,21,25-28,30H,19-20H2,1-3H3,(H,33,37)(H,34,36)/t25-,26-,27+,28-,30-/m1/s1. The monoisotopic (exact) mass is 592 g/mol. The van der Waals surface area contributed by atoms with E-state index in [0.29, 0.717) is 5.69 Å². The molecule has 0 radical (unpaired) electrons. The minimum atomic E-state index is -1.23. The molecule has 1 aliphatic heterocycles. The van der Waals surface area contributed by atoms with Crippen molar-refractivity contribution in [2.75, 3.05) is 19.0 Å². The highest BCUT2D eigenvalue weighted by atomic mass is 16.7. The molecule has 0 spiro atoms. The Bertz CT molecular complexity index is 1310. The summed E-state index contributed by atoms with van der Waals surface area (Å²) in [6.07, 6.45) is -7.12. The topological polar surface area (TPSA) is 131 Å². The van der Waals surface area contributed by atoms with E-state index in [1.807, 2.05) is 36.4 Å². The smallest absolute Gasteiger partial charge is 0.411 e. The zero-order valence-electron chi connectivity index (χ0n) is 24.2. The molecule has 0 aromatic heterocycles. The summed E-state index contributed by atoms with van der Waals surface area (Å²) < 4.78 is 35.1. The molecular weight excluding hydrogens is 556 g/mol. The average Bonchev–Trinajstić information content (AvgIpc) is 3.01. The summed E-state index contributed by atoms with van der Waals surface area (Å²) in [7, 11) is 1.37. The molecule has 0 unspecified atom stereocenters. The molecular formula is C32H36N2O9. The number of hydrogen-bond acceptors (Lipinski definition) is 9. The van der Waals surface area contributed by atoms with Gasteiger partial charge in [-0.05, 0) is 43.7 Å². The molecule has 2 amide bonds. The van der Waals surface area contributed by atoms with Gasteiger partial charge in [0.15, 0.2) is 18.5 Å². The molecule has 43 heavy (non-hydrogen) atoms. The minimum Gasteiger partial charge on any atom is -0.449 e. The summed E-state index contributed by atoms with van der Waals surface area (Å²) in [6.45, 7) is 3.37. The van der Waals surface area contributed by atoms with Crippen LogP contribution in [0.25, 0.3) is 0 Å². The fourth-order valence-electron chi connectivity index (χ4n) is 4.42. The molecule has 0 aliphatic carbocycles. The third kappa shape index (κ3) is 9.27. The molecule has 1 aliphatic rings. The Morgan fingerprint density at radius 1 is 0.791 bits per heavy atom. The summed E-state index contributed by atoms with van der Waals surface area (Å²) in [5.41, 5.74) is 1.66. The first kappa shape index (κ1) is 31.5. The Labute approximate surface area is 250 Å². The van der Waals surface area contributed by atoms with E-state index in [0.717, 1.165) is 5.56 Å². The van der Waals surface area contributed by atoms with Gasteiger partial charge in [0.2, 0.25) is 0 Å². The number of para-hydroxylation sites is 1. The van der Waals surface area contributed by atoms with Crippen molar-refractivity contribution in [2.45, 2.75) is 57.2 Å². The van der Waals surface area contributed by atoms with Gasteiger partial charge in [0.25, 0.3) is 0 Å². The van der Waals surface area contributed by atoms with Crippen LogP contribution in [0.1, 0.15) is 29.8 Å². The van der Waals surface area contributed by atoms with Gasteiger partial charge in [-0.2, -0.15) is 0 Å². The van der Waals surface area contributed by atoms with E-state index < -0.39 is 48.9 Å². The van der Waals surface area contributed by atoms with Crippen molar-refractivity contribution < 1.29 is 42.8 Å². The molecule has 3 aromatic rings. The first-order valence-electron chi connectivity index (χ1n) is 13.9. The van der Waals surface area contributed by atoms with Crippen LogP contribution in [-0.4, -0.2) is 68.6 Å². The van der Waals surface area contributed by atoms with Gasteiger partial charge in [0.05, 0.1) is 12.2 Å². The van der Waals surface area contributed by atoms with Crippen molar-refractivity contribution in [3.63, 3.8) is 0 Å². The van der Waals surface area contributed by atoms with Gasteiger partial charge < -0.3 is 33.7 Å². The van der Waals surface area contributed by atoms with Crippen LogP contribution in [0, 0.1) is 0 Å². The largest absolute Gasteiger partial charge is 0.449 e. The lowest BCUT2D eigenvalue weighted by atomic mass is 9.98. The summed E-state index contributed by atoms with van der Waals surface area (Å²) in [6, 6.07) is 26.3. The highest BCUT2D eigenvalue weighted by Gasteiger charge is 2.52. The highest BCUT2D eigenvalue weighted by molar-refractivity contribution is 5.89. The first-order chi connectivity index (χ1) is 20.8. The van der Waals surface area contributed by atoms with E-state index >= 15 is 0 Å². The molecule has 228 valence electrons. The number of amides is 2. The van der Waals surface area contributed by atoms with E-state index in [-0.39, 0.29) is 24.8 Å². The average molecular weight is 593 g/mol. The highest BCUT2D eigenvalue weighted by Crippen LogP contribution is 2.31. The second-order valence-corrected chi connectivity index (χ2v) is 10.0. The number of nitrogens with one attached hydrogen (secondary N) is 2. The molecule has 1 heterocycles.